The minimum Gasteiger partial charge on any atom is -0.343 e. The number of rotatable bonds is 3. The van der Waals surface area contributed by atoms with Crippen molar-refractivity contribution in [3.63, 3.8) is 0 Å². The van der Waals surface area contributed by atoms with E-state index in [0.717, 1.165) is 6.42 Å². The molecule has 2 saturated heterocycles. The number of nitrogens with zero attached hydrogens (tertiary/aromatic N) is 1. The maximum atomic E-state index is 12.4. The average Bonchev–Trinajstić information content (AvgIpc) is 2.77. The molecule has 1 amide bonds. The third-order valence-corrected chi connectivity index (χ3v) is 5.58. The average molecular weight is 264 g/mol. The molecule has 2 heterocycles. The number of nitrogens with one attached hydrogen (secondary N) is 1. The van der Waals surface area contributed by atoms with Crippen molar-refractivity contribution in [1.82, 2.24) is 10.2 Å². The van der Waals surface area contributed by atoms with E-state index < -0.39 is 0 Å². The second-order valence-corrected chi connectivity index (χ2v) is 6.98. The maximum Gasteiger partial charge on any atom is 0.222 e. The Kier molecular flexibility index (Phi) is 4.11. The van der Waals surface area contributed by atoms with Gasteiger partial charge in [0, 0.05) is 31.6 Å². The highest BCUT2D eigenvalue weighted by Gasteiger charge is 2.36. The third-order valence-electron chi connectivity index (χ3n) is 5.58. The molecule has 2 bridgehead atoms. The first-order valence-electron chi connectivity index (χ1n) is 8.24. The number of amides is 1. The van der Waals surface area contributed by atoms with E-state index in [0.29, 0.717) is 30.0 Å². The number of carbonyl (C=O) groups excluding carboxylic acids is 1. The molecule has 1 N–H and O–H groups in total. The summed E-state index contributed by atoms with van der Waals surface area (Å²) >= 11 is 0. The summed E-state index contributed by atoms with van der Waals surface area (Å²) in [6.45, 7) is 0. The number of hydrogen-bond acceptors (Lipinski definition) is 2. The monoisotopic (exact) mass is 264 g/mol. The molecule has 3 rings (SSSR count). The largest absolute Gasteiger partial charge is 0.343 e. The molecule has 0 radical (unpaired) electrons. The van der Waals surface area contributed by atoms with Crippen molar-refractivity contribution >= 4 is 5.91 Å². The molecule has 2 unspecified atom stereocenters. The second kappa shape index (κ2) is 5.82. The summed E-state index contributed by atoms with van der Waals surface area (Å²) in [6, 6.07) is 1.84. The van der Waals surface area contributed by atoms with Gasteiger partial charge in [-0.1, -0.05) is 19.3 Å². The fourth-order valence-corrected chi connectivity index (χ4v) is 4.33. The lowest BCUT2D eigenvalue weighted by Gasteiger charge is -2.36. The molecule has 3 aliphatic rings. The third kappa shape index (κ3) is 3.13. The van der Waals surface area contributed by atoms with Crippen LogP contribution in [0.1, 0.15) is 64.2 Å². The molecule has 0 aromatic carbocycles. The highest BCUT2D eigenvalue weighted by atomic mass is 16.2. The van der Waals surface area contributed by atoms with Gasteiger partial charge in [0.25, 0.3) is 0 Å². The molecule has 0 spiro atoms. The van der Waals surface area contributed by atoms with Crippen molar-refractivity contribution in [1.29, 1.82) is 0 Å². The van der Waals surface area contributed by atoms with Crippen LogP contribution in [0.2, 0.25) is 0 Å². The van der Waals surface area contributed by atoms with Gasteiger partial charge in [-0.05, 0) is 44.4 Å². The molecule has 0 aromatic rings. The first kappa shape index (κ1) is 13.4. The van der Waals surface area contributed by atoms with Gasteiger partial charge in [0.15, 0.2) is 0 Å². The van der Waals surface area contributed by atoms with Crippen LogP contribution < -0.4 is 5.32 Å². The lowest BCUT2D eigenvalue weighted by molar-refractivity contribution is -0.133. The van der Waals surface area contributed by atoms with Crippen molar-refractivity contribution in [3.8, 4) is 0 Å². The van der Waals surface area contributed by atoms with E-state index in [9.17, 15) is 4.79 Å². The van der Waals surface area contributed by atoms with Crippen LogP contribution in [0.25, 0.3) is 0 Å². The van der Waals surface area contributed by atoms with Gasteiger partial charge < -0.3 is 10.2 Å². The Hall–Kier alpha value is -0.570. The van der Waals surface area contributed by atoms with Gasteiger partial charge in [-0.15, -0.1) is 0 Å². The Morgan fingerprint density at radius 3 is 2.32 bits per heavy atom. The SMILES string of the molecule is CN(C(=O)CC1CCCCC1)C1CC2CCC(C1)N2. The van der Waals surface area contributed by atoms with Crippen LogP contribution in [0.15, 0.2) is 0 Å². The van der Waals surface area contributed by atoms with Crippen molar-refractivity contribution in [3.05, 3.63) is 0 Å². The van der Waals surface area contributed by atoms with Crippen LogP contribution in [-0.2, 0) is 4.79 Å². The molecule has 3 nitrogen and oxygen atoms in total. The van der Waals surface area contributed by atoms with E-state index in [1.54, 1.807) is 0 Å². The standard InChI is InChI=1S/C16H28N2O/c1-18(15-10-13-7-8-14(11-15)17-13)16(19)9-12-5-3-2-4-6-12/h12-15,17H,2-11H2,1H3. The number of fused-ring (bicyclic) bond motifs is 2. The smallest absolute Gasteiger partial charge is 0.222 e. The second-order valence-electron chi connectivity index (χ2n) is 6.98. The molecule has 2 aliphatic heterocycles. The van der Waals surface area contributed by atoms with Gasteiger partial charge in [-0.3, -0.25) is 4.79 Å². The molecule has 19 heavy (non-hydrogen) atoms. The van der Waals surface area contributed by atoms with Crippen LogP contribution in [-0.4, -0.2) is 36.0 Å². The molecule has 2 atom stereocenters. The molecule has 1 aliphatic carbocycles. The van der Waals surface area contributed by atoms with Gasteiger partial charge in [-0.2, -0.15) is 0 Å². The Bertz CT molecular complexity index is 313. The maximum absolute atomic E-state index is 12.4. The van der Waals surface area contributed by atoms with Crippen molar-refractivity contribution < 1.29 is 4.79 Å². The van der Waals surface area contributed by atoms with E-state index in [1.807, 2.05) is 7.05 Å². The van der Waals surface area contributed by atoms with Gasteiger partial charge in [0.05, 0.1) is 0 Å². The zero-order valence-corrected chi connectivity index (χ0v) is 12.2. The summed E-state index contributed by atoms with van der Waals surface area (Å²) in [5.41, 5.74) is 0. The van der Waals surface area contributed by atoms with Crippen LogP contribution >= 0.6 is 0 Å². The number of carbonyl (C=O) groups is 1. The van der Waals surface area contributed by atoms with Crippen LogP contribution in [0, 0.1) is 5.92 Å². The topological polar surface area (TPSA) is 32.3 Å². The van der Waals surface area contributed by atoms with Gasteiger partial charge in [-0.25, -0.2) is 0 Å². The van der Waals surface area contributed by atoms with Gasteiger partial charge in [0.1, 0.15) is 0 Å². The lowest BCUT2D eigenvalue weighted by atomic mass is 9.86. The van der Waals surface area contributed by atoms with E-state index in [1.165, 1.54) is 57.8 Å². The molecule has 1 saturated carbocycles. The van der Waals surface area contributed by atoms with E-state index in [-0.39, 0.29) is 0 Å². The van der Waals surface area contributed by atoms with Crippen LogP contribution in [0.5, 0.6) is 0 Å². The lowest BCUT2D eigenvalue weighted by Crippen LogP contribution is -2.49. The summed E-state index contributed by atoms with van der Waals surface area (Å²) in [6.07, 6.45) is 12.4. The Labute approximate surface area is 117 Å². The Morgan fingerprint density at radius 1 is 1.05 bits per heavy atom. The summed E-state index contributed by atoms with van der Waals surface area (Å²) in [7, 11) is 2.04. The fraction of sp³-hybridized carbons (Fsp3) is 0.938. The zero-order chi connectivity index (χ0) is 13.2. The molecular weight excluding hydrogens is 236 g/mol. The molecule has 108 valence electrons. The molecular formula is C16H28N2O. The highest BCUT2D eigenvalue weighted by molar-refractivity contribution is 5.76. The zero-order valence-electron chi connectivity index (χ0n) is 12.2. The Balaban J connectivity index is 1.51. The quantitative estimate of drug-likeness (QED) is 0.850. The number of piperidine rings is 1. The van der Waals surface area contributed by atoms with Crippen molar-refractivity contribution in [2.24, 2.45) is 5.92 Å². The van der Waals surface area contributed by atoms with Crippen molar-refractivity contribution in [2.75, 3.05) is 7.05 Å². The first-order chi connectivity index (χ1) is 9.22. The van der Waals surface area contributed by atoms with Crippen LogP contribution in [0.4, 0.5) is 0 Å². The molecule has 3 heteroatoms. The fourth-order valence-electron chi connectivity index (χ4n) is 4.33. The van der Waals surface area contributed by atoms with Gasteiger partial charge >= 0.3 is 0 Å². The van der Waals surface area contributed by atoms with E-state index in [2.05, 4.69) is 10.2 Å². The first-order valence-corrected chi connectivity index (χ1v) is 8.24. The Morgan fingerprint density at radius 2 is 1.68 bits per heavy atom. The van der Waals surface area contributed by atoms with Gasteiger partial charge in [0.2, 0.25) is 5.91 Å². The van der Waals surface area contributed by atoms with E-state index in [4.69, 9.17) is 0 Å². The normalized spacial score (nSPS) is 35.3. The molecule has 0 aromatic heterocycles. The predicted molar refractivity (Wildman–Crippen MR) is 76.9 cm³/mol. The summed E-state index contributed by atoms with van der Waals surface area (Å²) < 4.78 is 0. The predicted octanol–water partition coefficient (Wildman–Crippen LogP) is 2.70. The minimum atomic E-state index is 0.401. The highest BCUT2D eigenvalue weighted by Crippen LogP contribution is 2.31. The minimum absolute atomic E-state index is 0.401. The number of hydrogen-bond donors (Lipinski definition) is 1. The molecule has 3 fully saturated rings. The van der Waals surface area contributed by atoms with E-state index >= 15 is 0 Å². The summed E-state index contributed by atoms with van der Waals surface area (Å²) in [5, 5.41) is 3.66. The van der Waals surface area contributed by atoms with Crippen LogP contribution in [0.3, 0.4) is 0 Å². The van der Waals surface area contributed by atoms with Crippen molar-refractivity contribution in [2.45, 2.75) is 82.3 Å². The summed E-state index contributed by atoms with van der Waals surface area (Å²) in [4.78, 5) is 14.5. The summed E-state index contributed by atoms with van der Waals surface area (Å²) in [5.74, 6) is 1.07.